The molecule has 3 heteroatoms. The molecule has 0 radical (unpaired) electrons. The van der Waals surface area contributed by atoms with Gasteiger partial charge in [0.15, 0.2) is 0 Å². The maximum Gasteiger partial charge on any atom is 0.120 e. The summed E-state index contributed by atoms with van der Waals surface area (Å²) in [5.74, 6) is 1.67. The SMILES string of the molecule is CC(OC1CCC(C)C(C)C1)C(=N)N. The first-order chi connectivity index (χ1) is 6.50. The molecule has 14 heavy (non-hydrogen) atoms. The monoisotopic (exact) mass is 198 g/mol. The summed E-state index contributed by atoms with van der Waals surface area (Å²) in [6.07, 6.45) is 3.54. The van der Waals surface area contributed by atoms with Crippen molar-refractivity contribution >= 4 is 5.84 Å². The van der Waals surface area contributed by atoms with E-state index in [-0.39, 0.29) is 11.9 Å². The molecule has 1 aliphatic rings. The molecule has 0 heterocycles. The number of nitrogens with one attached hydrogen (secondary N) is 1. The fourth-order valence-electron chi connectivity index (χ4n) is 1.98. The van der Waals surface area contributed by atoms with E-state index in [0.29, 0.717) is 6.10 Å². The van der Waals surface area contributed by atoms with Gasteiger partial charge in [0.05, 0.1) is 6.10 Å². The molecule has 3 nitrogen and oxygen atoms in total. The number of hydrogen-bond acceptors (Lipinski definition) is 2. The molecule has 0 bridgehead atoms. The van der Waals surface area contributed by atoms with Crippen LogP contribution in [0.15, 0.2) is 0 Å². The van der Waals surface area contributed by atoms with Gasteiger partial charge in [-0.2, -0.15) is 0 Å². The molecular formula is C11H22N2O. The number of nitrogens with two attached hydrogens (primary N) is 1. The van der Waals surface area contributed by atoms with E-state index >= 15 is 0 Å². The summed E-state index contributed by atoms with van der Waals surface area (Å²) in [4.78, 5) is 0. The van der Waals surface area contributed by atoms with Crippen LogP contribution in [0.5, 0.6) is 0 Å². The van der Waals surface area contributed by atoms with Crippen LogP contribution in [0.2, 0.25) is 0 Å². The zero-order valence-electron chi connectivity index (χ0n) is 9.42. The van der Waals surface area contributed by atoms with Gasteiger partial charge in [0.25, 0.3) is 0 Å². The minimum absolute atomic E-state index is 0.135. The highest BCUT2D eigenvalue weighted by Crippen LogP contribution is 2.31. The maximum absolute atomic E-state index is 7.26. The second-order valence-electron chi connectivity index (χ2n) is 4.62. The molecule has 1 fully saturated rings. The Bertz CT molecular complexity index is 205. The highest BCUT2D eigenvalue weighted by atomic mass is 16.5. The second kappa shape index (κ2) is 4.78. The molecule has 3 N–H and O–H groups in total. The molecule has 1 rings (SSSR count). The average Bonchev–Trinajstić information content (AvgIpc) is 2.11. The van der Waals surface area contributed by atoms with Gasteiger partial charge in [-0.05, 0) is 38.0 Å². The van der Waals surface area contributed by atoms with Gasteiger partial charge in [-0.1, -0.05) is 13.8 Å². The number of rotatable bonds is 3. The van der Waals surface area contributed by atoms with E-state index in [9.17, 15) is 0 Å². The fraction of sp³-hybridized carbons (Fsp3) is 0.909. The first-order valence-electron chi connectivity index (χ1n) is 5.50. The van der Waals surface area contributed by atoms with E-state index in [1.54, 1.807) is 0 Å². The largest absolute Gasteiger partial charge is 0.385 e. The van der Waals surface area contributed by atoms with Crippen molar-refractivity contribution < 1.29 is 4.74 Å². The third-order valence-electron chi connectivity index (χ3n) is 3.38. The number of hydrogen-bond donors (Lipinski definition) is 2. The minimum Gasteiger partial charge on any atom is -0.385 e. The Morgan fingerprint density at radius 2 is 2.00 bits per heavy atom. The molecule has 0 aliphatic heterocycles. The Morgan fingerprint density at radius 3 is 2.50 bits per heavy atom. The Labute approximate surface area is 86.5 Å². The van der Waals surface area contributed by atoms with Crippen molar-refractivity contribution in [3.8, 4) is 0 Å². The van der Waals surface area contributed by atoms with E-state index in [0.717, 1.165) is 24.7 Å². The second-order valence-corrected chi connectivity index (χ2v) is 4.62. The third kappa shape index (κ3) is 2.98. The zero-order valence-corrected chi connectivity index (χ0v) is 9.42. The van der Waals surface area contributed by atoms with Crippen LogP contribution < -0.4 is 5.73 Å². The van der Waals surface area contributed by atoms with Crippen LogP contribution in [-0.2, 0) is 4.74 Å². The zero-order chi connectivity index (χ0) is 10.7. The lowest BCUT2D eigenvalue weighted by Gasteiger charge is -2.33. The first-order valence-corrected chi connectivity index (χ1v) is 5.50. The topological polar surface area (TPSA) is 59.1 Å². The molecule has 0 aromatic carbocycles. The van der Waals surface area contributed by atoms with Gasteiger partial charge < -0.3 is 10.5 Å². The van der Waals surface area contributed by atoms with Gasteiger partial charge >= 0.3 is 0 Å². The summed E-state index contributed by atoms with van der Waals surface area (Å²) < 4.78 is 5.72. The molecule has 0 amide bonds. The molecule has 0 aromatic heterocycles. The molecule has 4 unspecified atom stereocenters. The lowest BCUT2D eigenvalue weighted by atomic mass is 9.80. The van der Waals surface area contributed by atoms with Gasteiger partial charge in [-0.15, -0.1) is 0 Å². The van der Waals surface area contributed by atoms with Gasteiger partial charge in [-0.25, -0.2) is 0 Å². The van der Waals surface area contributed by atoms with Gasteiger partial charge in [0.2, 0.25) is 0 Å². The average molecular weight is 198 g/mol. The van der Waals surface area contributed by atoms with E-state index in [1.807, 2.05) is 6.92 Å². The minimum atomic E-state index is -0.222. The van der Waals surface area contributed by atoms with Crippen molar-refractivity contribution in [2.45, 2.75) is 52.2 Å². The van der Waals surface area contributed by atoms with Crippen LogP contribution in [0.25, 0.3) is 0 Å². The summed E-state index contributed by atoms with van der Waals surface area (Å²) >= 11 is 0. The van der Waals surface area contributed by atoms with Crippen LogP contribution in [-0.4, -0.2) is 18.0 Å². The summed E-state index contributed by atoms with van der Waals surface area (Å²) in [6, 6.07) is 0. The Kier molecular flexibility index (Phi) is 3.93. The van der Waals surface area contributed by atoms with Crippen LogP contribution in [0.3, 0.4) is 0 Å². The normalized spacial score (nSPS) is 35.2. The van der Waals surface area contributed by atoms with Crippen molar-refractivity contribution in [3.63, 3.8) is 0 Å². The third-order valence-corrected chi connectivity index (χ3v) is 3.38. The summed E-state index contributed by atoms with van der Waals surface area (Å²) in [7, 11) is 0. The van der Waals surface area contributed by atoms with Crippen molar-refractivity contribution in [1.82, 2.24) is 0 Å². The van der Waals surface area contributed by atoms with Crippen LogP contribution in [0.4, 0.5) is 0 Å². The van der Waals surface area contributed by atoms with Crippen molar-refractivity contribution in [2.24, 2.45) is 17.6 Å². The highest BCUT2D eigenvalue weighted by Gasteiger charge is 2.26. The van der Waals surface area contributed by atoms with E-state index in [2.05, 4.69) is 13.8 Å². The quantitative estimate of drug-likeness (QED) is 0.539. The van der Waals surface area contributed by atoms with Crippen molar-refractivity contribution in [3.05, 3.63) is 0 Å². The summed E-state index contributed by atoms with van der Waals surface area (Å²) in [6.45, 7) is 6.43. The standard InChI is InChI=1S/C11H22N2O/c1-7-4-5-10(6-8(7)2)14-9(3)11(12)13/h7-10H,4-6H2,1-3H3,(H3,12,13). The molecule has 82 valence electrons. The van der Waals surface area contributed by atoms with E-state index < -0.39 is 0 Å². The van der Waals surface area contributed by atoms with E-state index in [1.165, 1.54) is 6.42 Å². The Hall–Kier alpha value is -0.570. The number of ether oxygens (including phenoxy) is 1. The maximum atomic E-state index is 7.26. The highest BCUT2D eigenvalue weighted by molar-refractivity contribution is 5.81. The molecule has 4 atom stereocenters. The predicted molar refractivity (Wildman–Crippen MR) is 58.4 cm³/mol. The van der Waals surface area contributed by atoms with Gasteiger partial charge in [0, 0.05) is 0 Å². The predicted octanol–water partition coefficient (Wildman–Crippen LogP) is 2.15. The van der Waals surface area contributed by atoms with Crippen molar-refractivity contribution in [2.75, 3.05) is 0 Å². The summed E-state index contributed by atoms with van der Waals surface area (Å²) in [5, 5.41) is 7.26. The van der Waals surface area contributed by atoms with Crippen molar-refractivity contribution in [1.29, 1.82) is 5.41 Å². The molecule has 1 aliphatic carbocycles. The lowest BCUT2D eigenvalue weighted by Crippen LogP contribution is -2.35. The molecule has 1 saturated carbocycles. The fourth-order valence-corrected chi connectivity index (χ4v) is 1.98. The molecule has 0 spiro atoms. The molecule has 0 saturated heterocycles. The van der Waals surface area contributed by atoms with Crippen LogP contribution >= 0.6 is 0 Å². The van der Waals surface area contributed by atoms with E-state index in [4.69, 9.17) is 15.9 Å². The Morgan fingerprint density at radius 1 is 1.36 bits per heavy atom. The Balaban J connectivity index is 2.36. The number of amidine groups is 1. The first kappa shape index (κ1) is 11.5. The van der Waals surface area contributed by atoms with Crippen LogP contribution in [0, 0.1) is 17.2 Å². The summed E-state index contributed by atoms with van der Waals surface area (Å²) in [5.41, 5.74) is 5.37. The van der Waals surface area contributed by atoms with Crippen LogP contribution in [0.1, 0.15) is 40.0 Å². The molecule has 0 aromatic rings. The lowest BCUT2D eigenvalue weighted by molar-refractivity contribution is -0.0138. The smallest absolute Gasteiger partial charge is 0.120 e. The van der Waals surface area contributed by atoms with Gasteiger partial charge in [0.1, 0.15) is 11.9 Å². The molecular weight excluding hydrogens is 176 g/mol. The van der Waals surface area contributed by atoms with Gasteiger partial charge in [-0.3, -0.25) is 5.41 Å².